The lowest BCUT2D eigenvalue weighted by atomic mass is 9.93. The van der Waals surface area contributed by atoms with Crippen molar-refractivity contribution in [1.29, 1.82) is 0 Å². The topological polar surface area (TPSA) is 64.4 Å². The monoisotopic (exact) mass is 224 g/mol. The first-order valence-electron chi connectivity index (χ1n) is 5.50. The summed E-state index contributed by atoms with van der Waals surface area (Å²) in [6.45, 7) is 0. The predicted molar refractivity (Wildman–Crippen MR) is 57.5 cm³/mol. The second kappa shape index (κ2) is 4.65. The summed E-state index contributed by atoms with van der Waals surface area (Å²) >= 11 is 0. The number of hydrogen-bond acceptors (Lipinski definition) is 3. The summed E-state index contributed by atoms with van der Waals surface area (Å²) in [6, 6.07) is 0.368. The Kier molecular flexibility index (Phi) is 3.24. The van der Waals surface area contributed by atoms with Gasteiger partial charge in [-0.2, -0.15) is 0 Å². The number of aromatic nitrogens is 2. The molecule has 0 bridgehead atoms. The van der Waals surface area contributed by atoms with Gasteiger partial charge in [-0.05, 0) is 25.7 Å². The second-order valence-electron chi connectivity index (χ2n) is 4.18. The van der Waals surface area contributed by atoms with Crippen molar-refractivity contribution >= 4 is 5.97 Å². The van der Waals surface area contributed by atoms with Gasteiger partial charge in [-0.25, -0.2) is 9.78 Å². The molecule has 5 heteroatoms. The Morgan fingerprint density at radius 2 is 2.19 bits per heavy atom. The molecular formula is C11H16N2O3. The molecule has 1 saturated carbocycles. The number of rotatable bonds is 3. The summed E-state index contributed by atoms with van der Waals surface area (Å²) in [7, 11) is 1.74. The van der Waals surface area contributed by atoms with Gasteiger partial charge in [0, 0.05) is 19.3 Å². The Morgan fingerprint density at radius 3 is 2.69 bits per heavy atom. The zero-order valence-corrected chi connectivity index (χ0v) is 9.30. The first kappa shape index (κ1) is 11.1. The lowest BCUT2D eigenvalue weighted by Gasteiger charge is -2.28. The average Bonchev–Trinajstić information content (AvgIpc) is 2.78. The van der Waals surface area contributed by atoms with E-state index in [2.05, 4.69) is 4.98 Å². The third-order valence-electron chi connectivity index (χ3n) is 3.22. The van der Waals surface area contributed by atoms with Gasteiger partial charge in [-0.1, -0.05) is 0 Å². The first-order chi connectivity index (χ1) is 7.70. The third-order valence-corrected chi connectivity index (χ3v) is 3.22. The second-order valence-corrected chi connectivity index (χ2v) is 4.18. The van der Waals surface area contributed by atoms with Crippen LogP contribution in [0.15, 0.2) is 12.5 Å². The number of imidazole rings is 1. The lowest BCUT2D eigenvalue weighted by molar-refractivity contribution is 0.0583. The van der Waals surface area contributed by atoms with Gasteiger partial charge < -0.3 is 14.4 Å². The summed E-state index contributed by atoms with van der Waals surface area (Å²) in [4.78, 5) is 14.6. The normalized spacial score (nSPS) is 25.6. The lowest BCUT2D eigenvalue weighted by Crippen LogP contribution is -2.22. The molecule has 1 aliphatic rings. The Hall–Kier alpha value is -1.36. The molecule has 1 N–H and O–H groups in total. The average molecular weight is 224 g/mol. The zero-order valence-electron chi connectivity index (χ0n) is 9.30. The number of nitrogens with zero attached hydrogens (tertiary/aromatic N) is 2. The van der Waals surface area contributed by atoms with E-state index in [1.54, 1.807) is 19.6 Å². The molecule has 5 nitrogen and oxygen atoms in total. The summed E-state index contributed by atoms with van der Waals surface area (Å²) in [5.74, 6) is -0.968. The van der Waals surface area contributed by atoms with Crippen molar-refractivity contribution in [1.82, 2.24) is 9.55 Å². The van der Waals surface area contributed by atoms with E-state index in [0.29, 0.717) is 12.1 Å². The fraction of sp³-hybridized carbons (Fsp3) is 0.636. The van der Waals surface area contributed by atoms with Crippen LogP contribution in [0.4, 0.5) is 0 Å². The van der Waals surface area contributed by atoms with Gasteiger partial charge in [-0.3, -0.25) is 0 Å². The van der Waals surface area contributed by atoms with Crippen molar-refractivity contribution in [2.24, 2.45) is 0 Å². The summed E-state index contributed by atoms with van der Waals surface area (Å²) in [5.41, 5.74) is 0.119. The first-order valence-corrected chi connectivity index (χ1v) is 5.50. The molecule has 0 saturated heterocycles. The van der Waals surface area contributed by atoms with Crippen molar-refractivity contribution in [3.8, 4) is 0 Å². The van der Waals surface area contributed by atoms with Crippen molar-refractivity contribution in [2.75, 3.05) is 7.11 Å². The van der Waals surface area contributed by atoms with Crippen LogP contribution >= 0.6 is 0 Å². The molecule has 2 rings (SSSR count). The molecule has 0 aromatic carbocycles. The highest BCUT2D eigenvalue weighted by atomic mass is 16.5. The molecule has 1 aromatic rings. The van der Waals surface area contributed by atoms with E-state index < -0.39 is 5.97 Å². The predicted octanol–water partition coefficient (Wildman–Crippen LogP) is 1.71. The van der Waals surface area contributed by atoms with Gasteiger partial charge >= 0.3 is 5.97 Å². The fourth-order valence-corrected chi connectivity index (χ4v) is 2.23. The molecule has 0 unspecified atom stereocenters. The molecule has 1 aliphatic carbocycles. The van der Waals surface area contributed by atoms with E-state index in [1.807, 2.05) is 4.57 Å². The van der Waals surface area contributed by atoms with Gasteiger partial charge in [-0.15, -0.1) is 0 Å². The van der Waals surface area contributed by atoms with Gasteiger partial charge in [0.05, 0.1) is 12.4 Å². The highest BCUT2D eigenvalue weighted by molar-refractivity contribution is 5.84. The van der Waals surface area contributed by atoms with Crippen LogP contribution in [0.2, 0.25) is 0 Å². The van der Waals surface area contributed by atoms with E-state index >= 15 is 0 Å². The number of carboxylic acids is 1. The highest BCUT2D eigenvalue weighted by Crippen LogP contribution is 2.29. The van der Waals surface area contributed by atoms with Crippen LogP contribution in [0.1, 0.15) is 42.2 Å². The van der Waals surface area contributed by atoms with E-state index in [4.69, 9.17) is 9.84 Å². The molecule has 0 radical (unpaired) electrons. The van der Waals surface area contributed by atoms with Gasteiger partial charge in [0.15, 0.2) is 5.69 Å². The standard InChI is InChI=1S/C11H16N2O3/c1-16-9-4-2-8(3-5-9)13-6-10(11(14)15)12-7-13/h6-9H,2-5H2,1H3,(H,14,15). The van der Waals surface area contributed by atoms with Crippen LogP contribution in [0.25, 0.3) is 0 Å². The van der Waals surface area contributed by atoms with Crippen LogP contribution in [0.5, 0.6) is 0 Å². The Balaban J connectivity index is 2.00. The van der Waals surface area contributed by atoms with E-state index in [-0.39, 0.29) is 5.69 Å². The molecule has 16 heavy (non-hydrogen) atoms. The Labute approximate surface area is 94.1 Å². The largest absolute Gasteiger partial charge is 0.476 e. The molecule has 0 aliphatic heterocycles. The SMILES string of the molecule is COC1CCC(n2cnc(C(=O)O)c2)CC1. The fourth-order valence-electron chi connectivity index (χ4n) is 2.23. The van der Waals surface area contributed by atoms with Crippen LogP contribution < -0.4 is 0 Å². The minimum atomic E-state index is -0.968. The van der Waals surface area contributed by atoms with E-state index in [1.165, 1.54) is 0 Å². The van der Waals surface area contributed by atoms with Crippen molar-refractivity contribution in [2.45, 2.75) is 37.8 Å². The number of hydrogen-bond donors (Lipinski definition) is 1. The quantitative estimate of drug-likeness (QED) is 0.848. The van der Waals surface area contributed by atoms with Crippen LogP contribution in [0, 0.1) is 0 Å². The van der Waals surface area contributed by atoms with Gasteiger partial charge in [0.2, 0.25) is 0 Å². The summed E-state index contributed by atoms with van der Waals surface area (Å²) in [6.07, 6.45) is 7.69. The number of ether oxygens (including phenoxy) is 1. The van der Waals surface area contributed by atoms with E-state index in [9.17, 15) is 4.79 Å². The number of carboxylic acid groups (broad SMARTS) is 1. The van der Waals surface area contributed by atoms with E-state index in [0.717, 1.165) is 25.7 Å². The maximum absolute atomic E-state index is 10.7. The maximum Gasteiger partial charge on any atom is 0.356 e. The number of carbonyl (C=O) groups is 1. The number of methoxy groups -OCH3 is 1. The van der Waals surface area contributed by atoms with Gasteiger partial charge in [0.1, 0.15) is 0 Å². The molecule has 1 heterocycles. The molecule has 88 valence electrons. The maximum atomic E-state index is 10.7. The highest BCUT2D eigenvalue weighted by Gasteiger charge is 2.22. The molecule has 1 aromatic heterocycles. The molecular weight excluding hydrogens is 208 g/mol. The zero-order chi connectivity index (χ0) is 11.5. The van der Waals surface area contributed by atoms with Crippen LogP contribution in [-0.4, -0.2) is 33.8 Å². The Bertz CT molecular complexity index is 367. The smallest absolute Gasteiger partial charge is 0.356 e. The molecule has 0 amide bonds. The Morgan fingerprint density at radius 1 is 1.50 bits per heavy atom. The molecule has 0 spiro atoms. The van der Waals surface area contributed by atoms with Crippen molar-refractivity contribution < 1.29 is 14.6 Å². The molecule has 1 fully saturated rings. The summed E-state index contributed by atoms with van der Waals surface area (Å²) in [5, 5.41) is 8.78. The minimum Gasteiger partial charge on any atom is -0.476 e. The van der Waals surface area contributed by atoms with Gasteiger partial charge in [0.25, 0.3) is 0 Å². The van der Waals surface area contributed by atoms with Crippen LogP contribution in [-0.2, 0) is 4.74 Å². The van der Waals surface area contributed by atoms with Crippen LogP contribution in [0.3, 0.4) is 0 Å². The third kappa shape index (κ3) is 2.24. The van der Waals surface area contributed by atoms with Crippen molar-refractivity contribution in [3.63, 3.8) is 0 Å². The summed E-state index contributed by atoms with van der Waals surface area (Å²) < 4.78 is 7.21. The number of aromatic carboxylic acids is 1. The van der Waals surface area contributed by atoms with Crippen molar-refractivity contribution in [3.05, 3.63) is 18.2 Å². The minimum absolute atomic E-state index is 0.119. The molecule has 0 atom stereocenters.